The molecule has 0 saturated carbocycles. The summed E-state index contributed by atoms with van der Waals surface area (Å²) >= 11 is 1.47. The van der Waals surface area contributed by atoms with E-state index in [9.17, 15) is 4.79 Å². The Morgan fingerprint density at radius 3 is 2.94 bits per heavy atom. The first kappa shape index (κ1) is 11.5. The van der Waals surface area contributed by atoms with Crippen molar-refractivity contribution in [2.75, 3.05) is 26.3 Å². The average molecular weight is 242 g/mol. The summed E-state index contributed by atoms with van der Waals surface area (Å²) in [5.74, 6) is -0.867. The minimum Gasteiger partial charge on any atom is -0.478 e. The van der Waals surface area contributed by atoms with E-state index in [0.29, 0.717) is 12.1 Å². The van der Waals surface area contributed by atoms with Gasteiger partial charge in [0.1, 0.15) is 0 Å². The Morgan fingerprint density at radius 1 is 1.56 bits per heavy atom. The van der Waals surface area contributed by atoms with Crippen LogP contribution < -0.4 is 5.43 Å². The molecule has 1 aliphatic heterocycles. The molecule has 2 rings (SSSR count). The van der Waals surface area contributed by atoms with Crippen molar-refractivity contribution in [1.82, 2.24) is 10.4 Å². The highest BCUT2D eigenvalue weighted by Crippen LogP contribution is 2.14. The van der Waals surface area contributed by atoms with Crippen LogP contribution in [0.1, 0.15) is 15.2 Å². The minimum atomic E-state index is -0.867. The van der Waals surface area contributed by atoms with Gasteiger partial charge in [-0.25, -0.2) is 15.2 Å². The van der Waals surface area contributed by atoms with E-state index in [4.69, 9.17) is 9.84 Å². The van der Waals surface area contributed by atoms with Gasteiger partial charge in [-0.05, 0) is 6.07 Å². The maximum atomic E-state index is 10.7. The Balaban J connectivity index is 1.81. The number of hydrogen-bond acceptors (Lipinski definition) is 5. The van der Waals surface area contributed by atoms with Crippen molar-refractivity contribution >= 4 is 17.3 Å². The van der Waals surface area contributed by atoms with E-state index in [1.165, 1.54) is 11.3 Å². The molecule has 1 saturated heterocycles. The molecule has 0 unspecified atom stereocenters. The number of carbonyl (C=O) groups is 1. The quantitative estimate of drug-likeness (QED) is 0.817. The zero-order chi connectivity index (χ0) is 11.4. The minimum absolute atomic E-state index is 0.365. The number of thiophene rings is 1. The number of hydrazine groups is 1. The second-order valence-electron chi connectivity index (χ2n) is 3.54. The van der Waals surface area contributed by atoms with E-state index in [2.05, 4.69) is 10.4 Å². The van der Waals surface area contributed by atoms with Crippen LogP contribution in [-0.2, 0) is 11.3 Å². The van der Waals surface area contributed by atoms with Gasteiger partial charge in [-0.15, -0.1) is 11.3 Å². The summed E-state index contributed by atoms with van der Waals surface area (Å²) in [5.41, 5.74) is 3.63. The van der Waals surface area contributed by atoms with Crippen molar-refractivity contribution in [2.24, 2.45) is 0 Å². The molecule has 2 N–H and O–H groups in total. The largest absolute Gasteiger partial charge is 0.478 e. The molecule has 0 aromatic carbocycles. The number of hydrogen-bond donors (Lipinski definition) is 2. The Bertz CT molecular complexity index is 361. The van der Waals surface area contributed by atoms with Crippen LogP contribution in [0.15, 0.2) is 11.4 Å². The maximum absolute atomic E-state index is 10.7. The number of morpholine rings is 1. The Labute approximate surface area is 97.6 Å². The van der Waals surface area contributed by atoms with Gasteiger partial charge in [-0.1, -0.05) is 0 Å². The molecule has 0 atom stereocenters. The molecule has 2 heterocycles. The summed E-state index contributed by atoms with van der Waals surface area (Å²) in [5, 5.41) is 12.5. The molecule has 0 bridgehead atoms. The number of aromatic carboxylic acids is 1. The van der Waals surface area contributed by atoms with Crippen LogP contribution in [0.3, 0.4) is 0 Å². The molecule has 0 radical (unpaired) electrons. The Kier molecular flexibility index (Phi) is 3.89. The topological polar surface area (TPSA) is 61.8 Å². The molecular formula is C10H14N2O3S. The van der Waals surface area contributed by atoms with E-state index < -0.39 is 5.97 Å². The van der Waals surface area contributed by atoms with Gasteiger partial charge in [0.05, 0.1) is 18.8 Å². The van der Waals surface area contributed by atoms with Gasteiger partial charge >= 0.3 is 5.97 Å². The zero-order valence-corrected chi connectivity index (χ0v) is 9.63. The summed E-state index contributed by atoms with van der Waals surface area (Å²) < 4.78 is 5.23. The van der Waals surface area contributed by atoms with Gasteiger partial charge in [-0.3, -0.25) is 0 Å². The van der Waals surface area contributed by atoms with Crippen molar-refractivity contribution in [3.63, 3.8) is 0 Å². The fourth-order valence-corrected chi connectivity index (χ4v) is 2.29. The van der Waals surface area contributed by atoms with Gasteiger partial charge in [0.15, 0.2) is 0 Å². The van der Waals surface area contributed by atoms with Gasteiger partial charge in [0.25, 0.3) is 0 Å². The summed E-state index contributed by atoms with van der Waals surface area (Å²) in [7, 11) is 0. The molecule has 16 heavy (non-hydrogen) atoms. The van der Waals surface area contributed by atoms with Crippen molar-refractivity contribution in [3.05, 3.63) is 21.9 Å². The average Bonchev–Trinajstić information content (AvgIpc) is 2.76. The molecule has 1 aromatic rings. The second kappa shape index (κ2) is 5.40. The number of rotatable bonds is 4. The Hall–Kier alpha value is -0.950. The fraction of sp³-hybridized carbons (Fsp3) is 0.500. The van der Waals surface area contributed by atoms with E-state index >= 15 is 0 Å². The lowest BCUT2D eigenvalue weighted by atomic mass is 10.3. The summed E-state index contributed by atoms with van der Waals surface area (Å²) in [4.78, 5) is 11.7. The van der Waals surface area contributed by atoms with Crippen LogP contribution >= 0.6 is 11.3 Å². The molecule has 1 aliphatic rings. The smallest absolute Gasteiger partial charge is 0.336 e. The van der Waals surface area contributed by atoms with E-state index in [1.54, 1.807) is 11.4 Å². The third kappa shape index (κ3) is 3.02. The molecule has 88 valence electrons. The SMILES string of the molecule is O=C(O)c1csc(CNN2CCOCC2)c1. The van der Waals surface area contributed by atoms with Crippen molar-refractivity contribution in [1.29, 1.82) is 0 Å². The zero-order valence-electron chi connectivity index (χ0n) is 8.81. The predicted molar refractivity (Wildman–Crippen MR) is 60.5 cm³/mol. The lowest BCUT2D eigenvalue weighted by Gasteiger charge is -2.26. The van der Waals surface area contributed by atoms with E-state index in [1.807, 2.05) is 0 Å². The molecule has 6 heteroatoms. The van der Waals surface area contributed by atoms with Crippen molar-refractivity contribution in [3.8, 4) is 0 Å². The van der Waals surface area contributed by atoms with Crippen LogP contribution in [0.5, 0.6) is 0 Å². The van der Waals surface area contributed by atoms with Crippen LogP contribution in [0.25, 0.3) is 0 Å². The second-order valence-corrected chi connectivity index (χ2v) is 4.54. The number of nitrogens with one attached hydrogen (secondary N) is 1. The monoisotopic (exact) mass is 242 g/mol. The third-order valence-corrected chi connectivity index (χ3v) is 3.33. The lowest BCUT2D eigenvalue weighted by molar-refractivity contribution is 0.0107. The van der Waals surface area contributed by atoms with Gasteiger partial charge in [-0.2, -0.15) is 0 Å². The molecule has 1 fully saturated rings. The highest BCUT2D eigenvalue weighted by molar-refractivity contribution is 7.10. The van der Waals surface area contributed by atoms with Crippen LogP contribution in [0.4, 0.5) is 0 Å². The van der Waals surface area contributed by atoms with Crippen molar-refractivity contribution < 1.29 is 14.6 Å². The Morgan fingerprint density at radius 2 is 2.31 bits per heavy atom. The van der Waals surface area contributed by atoms with Gasteiger partial charge in [0.2, 0.25) is 0 Å². The van der Waals surface area contributed by atoms with Gasteiger partial charge < -0.3 is 9.84 Å². The first-order valence-corrected chi connectivity index (χ1v) is 6.00. The fourth-order valence-electron chi connectivity index (χ4n) is 1.50. The van der Waals surface area contributed by atoms with E-state index in [-0.39, 0.29) is 0 Å². The molecule has 1 aromatic heterocycles. The molecule has 0 amide bonds. The standard InChI is InChI=1S/C10H14N2O3S/c13-10(14)8-5-9(16-7-8)6-11-12-1-3-15-4-2-12/h5,7,11H,1-4,6H2,(H,13,14). The van der Waals surface area contributed by atoms with Crippen LogP contribution in [0.2, 0.25) is 0 Å². The molecule has 0 aliphatic carbocycles. The normalized spacial score (nSPS) is 17.5. The number of ether oxygens (including phenoxy) is 1. The summed E-state index contributed by atoms with van der Waals surface area (Å²) in [6, 6.07) is 1.71. The summed E-state index contributed by atoms with van der Waals surface area (Å²) in [6.45, 7) is 3.92. The number of carboxylic acid groups (broad SMARTS) is 1. The third-order valence-electron chi connectivity index (χ3n) is 2.39. The molecule has 0 spiro atoms. The number of nitrogens with zero attached hydrogens (tertiary/aromatic N) is 1. The molecular weight excluding hydrogens is 228 g/mol. The maximum Gasteiger partial charge on any atom is 0.336 e. The highest BCUT2D eigenvalue weighted by Gasteiger charge is 2.11. The van der Waals surface area contributed by atoms with Gasteiger partial charge in [0, 0.05) is 29.9 Å². The first-order valence-electron chi connectivity index (χ1n) is 5.12. The molecule has 5 nitrogen and oxygen atoms in total. The lowest BCUT2D eigenvalue weighted by Crippen LogP contribution is -2.45. The summed E-state index contributed by atoms with van der Waals surface area (Å²) in [6.07, 6.45) is 0. The van der Waals surface area contributed by atoms with E-state index in [0.717, 1.165) is 31.2 Å². The highest BCUT2D eigenvalue weighted by atomic mass is 32.1. The first-order chi connectivity index (χ1) is 7.75. The van der Waals surface area contributed by atoms with Crippen LogP contribution in [-0.4, -0.2) is 42.4 Å². The number of carboxylic acids is 1. The van der Waals surface area contributed by atoms with Crippen molar-refractivity contribution in [2.45, 2.75) is 6.54 Å². The predicted octanol–water partition coefficient (Wildman–Crippen LogP) is 0.783. The van der Waals surface area contributed by atoms with Crippen LogP contribution in [0, 0.1) is 0 Å².